The predicted molar refractivity (Wildman–Crippen MR) is 71.5 cm³/mol. The number of rotatable bonds is 5. The van der Waals surface area contributed by atoms with Crippen LogP contribution in [0.1, 0.15) is 24.5 Å². The van der Waals surface area contributed by atoms with Gasteiger partial charge in [-0.15, -0.1) is 0 Å². The summed E-state index contributed by atoms with van der Waals surface area (Å²) in [5, 5.41) is 17.2. The van der Waals surface area contributed by atoms with Crippen molar-refractivity contribution in [1.82, 2.24) is 4.90 Å². The van der Waals surface area contributed by atoms with Gasteiger partial charge < -0.3 is 5.11 Å². The number of aliphatic hydroxyl groups excluding tert-OH is 1. The van der Waals surface area contributed by atoms with Gasteiger partial charge >= 0.3 is 0 Å². The minimum atomic E-state index is -0.384. The molecule has 0 fully saturated rings. The van der Waals surface area contributed by atoms with Gasteiger partial charge in [0.05, 0.1) is 11.6 Å². The van der Waals surface area contributed by atoms with Gasteiger partial charge in [0.15, 0.2) is 0 Å². The summed E-state index contributed by atoms with van der Waals surface area (Å²) in [5.74, 6) is 4.65. The van der Waals surface area contributed by atoms with Crippen LogP contribution in [0.25, 0.3) is 0 Å². The summed E-state index contributed by atoms with van der Waals surface area (Å²) >= 11 is 0. The van der Waals surface area contributed by atoms with E-state index in [1.807, 2.05) is 6.92 Å². The van der Waals surface area contributed by atoms with Crippen molar-refractivity contribution in [3.8, 4) is 17.9 Å². The fraction of sp³-hybridized carbons (Fsp3) is 0.400. The summed E-state index contributed by atoms with van der Waals surface area (Å²) < 4.78 is 13.5. The molecule has 0 aromatic heterocycles. The molecule has 3 nitrogen and oxygen atoms in total. The maximum absolute atomic E-state index is 13.5. The molecule has 1 rings (SSSR count). The van der Waals surface area contributed by atoms with Gasteiger partial charge in [0.25, 0.3) is 0 Å². The van der Waals surface area contributed by atoms with Gasteiger partial charge in [-0.25, -0.2) is 4.39 Å². The molecule has 0 aliphatic rings. The number of hydrogen-bond donors (Lipinski definition) is 1. The number of nitriles is 1. The Morgan fingerprint density at radius 2 is 2.21 bits per heavy atom. The normalized spacial score (nSPS) is 9.84. The third-order valence-corrected chi connectivity index (χ3v) is 2.73. The minimum Gasteiger partial charge on any atom is -0.384 e. The van der Waals surface area contributed by atoms with Crippen molar-refractivity contribution in [2.75, 3.05) is 19.7 Å². The Labute approximate surface area is 113 Å². The molecule has 0 spiro atoms. The predicted octanol–water partition coefficient (Wildman–Crippen LogP) is 1.91. The highest BCUT2D eigenvalue weighted by molar-refractivity contribution is 5.38. The summed E-state index contributed by atoms with van der Waals surface area (Å²) in [6, 6.07) is 6.90. The molecule has 19 heavy (non-hydrogen) atoms. The highest BCUT2D eigenvalue weighted by Crippen LogP contribution is 2.12. The number of aliphatic hydroxyl groups is 1. The molecule has 1 aromatic rings. The highest BCUT2D eigenvalue weighted by Gasteiger charge is 2.06. The molecule has 100 valence electrons. The van der Waals surface area contributed by atoms with E-state index >= 15 is 0 Å². The molecular formula is C15H17FN2O. The zero-order valence-electron chi connectivity index (χ0n) is 11.0. The van der Waals surface area contributed by atoms with Crippen LogP contribution >= 0.6 is 0 Å². The first-order valence-electron chi connectivity index (χ1n) is 6.18. The minimum absolute atomic E-state index is 0.285. The van der Waals surface area contributed by atoms with Gasteiger partial charge in [0, 0.05) is 19.5 Å². The Hall–Kier alpha value is -1.88. The van der Waals surface area contributed by atoms with Crippen LogP contribution < -0.4 is 0 Å². The van der Waals surface area contributed by atoms with E-state index in [2.05, 4.69) is 22.8 Å². The van der Waals surface area contributed by atoms with Gasteiger partial charge in [-0.2, -0.15) is 5.26 Å². The standard InChI is InChI=1S/C15H17FN2O/c1-2-18(9-4-8-17)12-13-6-7-15(16)14(11-13)5-3-10-19/h6-7,11,19H,2,4,9-10,12H2,1H3. The van der Waals surface area contributed by atoms with Crippen LogP contribution in [0.15, 0.2) is 18.2 Å². The molecule has 1 aromatic carbocycles. The van der Waals surface area contributed by atoms with Crippen LogP contribution in [0.5, 0.6) is 0 Å². The van der Waals surface area contributed by atoms with Gasteiger partial charge in [-0.05, 0) is 24.2 Å². The summed E-state index contributed by atoms with van der Waals surface area (Å²) in [5.41, 5.74) is 1.24. The molecular weight excluding hydrogens is 243 g/mol. The Morgan fingerprint density at radius 1 is 1.42 bits per heavy atom. The van der Waals surface area contributed by atoms with Crippen LogP contribution in [0.4, 0.5) is 4.39 Å². The fourth-order valence-electron chi connectivity index (χ4n) is 1.72. The number of hydrogen-bond acceptors (Lipinski definition) is 3. The first-order chi connectivity index (χ1) is 9.21. The largest absolute Gasteiger partial charge is 0.384 e. The molecule has 0 aliphatic heterocycles. The Bertz CT molecular complexity index is 511. The zero-order valence-corrected chi connectivity index (χ0v) is 11.0. The van der Waals surface area contributed by atoms with Crippen LogP contribution in [-0.2, 0) is 6.54 Å². The third-order valence-electron chi connectivity index (χ3n) is 2.73. The van der Waals surface area contributed by atoms with Gasteiger partial charge in [-0.1, -0.05) is 24.8 Å². The number of nitrogens with zero attached hydrogens (tertiary/aromatic N) is 2. The number of halogens is 1. The lowest BCUT2D eigenvalue weighted by Crippen LogP contribution is -2.23. The van der Waals surface area contributed by atoms with E-state index in [1.165, 1.54) is 6.07 Å². The Balaban J connectivity index is 2.81. The van der Waals surface area contributed by atoms with Crippen molar-refractivity contribution in [3.63, 3.8) is 0 Å². The first kappa shape index (κ1) is 15.2. The maximum atomic E-state index is 13.5. The van der Waals surface area contributed by atoms with E-state index in [1.54, 1.807) is 12.1 Å². The smallest absolute Gasteiger partial charge is 0.138 e. The average molecular weight is 260 g/mol. The van der Waals surface area contributed by atoms with Gasteiger partial charge in [0.2, 0.25) is 0 Å². The quantitative estimate of drug-likeness (QED) is 0.823. The van der Waals surface area contributed by atoms with Crippen LogP contribution in [-0.4, -0.2) is 29.7 Å². The molecule has 0 heterocycles. The second kappa shape index (κ2) is 8.26. The highest BCUT2D eigenvalue weighted by atomic mass is 19.1. The van der Waals surface area contributed by atoms with Crippen molar-refractivity contribution in [1.29, 1.82) is 5.26 Å². The lowest BCUT2D eigenvalue weighted by molar-refractivity contribution is 0.286. The van der Waals surface area contributed by atoms with Crippen molar-refractivity contribution < 1.29 is 9.50 Å². The average Bonchev–Trinajstić information content (AvgIpc) is 2.43. The van der Waals surface area contributed by atoms with Crippen molar-refractivity contribution >= 4 is 0 Å². The molecule has 4 heteroatoms. The second-order valence-electron chi connectivity index (χ2n) is 4.05. The van der Waals surface area contributed by atoms with E-state index in [4.69, 9.17) is 10.4 Å². The van der Waals surface area contributed by atoms with Crippen LogP contribution in [0.3, 0.4) is 0 Å². The monoisotopic (exact) mass is 260 g/mol. The third kappa shape index (κ3) is 5.09. The Kier molecular flexibility index (Phi) is 6.60. The molecule has 0 radical (unpaired) electrons. The molecule has 0 unspecified atom stereocenters. The molecule has 1 N–H and O–H groups in total. The van der Waals surface area contributed by atoms with E-state index in [-0.39, 0.29) is 12.4 Å². The number of benzene rings is 1. The van der Waals surface area contributed by atoms with Crippen LogP contribution in [0.2, 0.25) is 0 Å². The van der Waals surface area contributed by atoms with E-state index in [0.717, 1.165) is 12.1 Å². The Morgan fingerprint density at radius 3 is 2.84 bits per heavy atom. The first-order valence-corrected chi connectivity index (χ1v) is 6.18. The topological polar surface area (TPSA) is 47.3 Å². The maximum Gasteiger partial charge on any atom is 0.138 e. The molecule has 0 aliphatic carbocycles. The molecule has 0 amide bonds. The van der Waals surface area contributed by atoms with Crippen molar-refractivity contribution in [2.45, 2.75) is 19.9 Å². The van der Waals surface area contributed by atoms with Crippen molar-refractivity contribution in [2.24, 2.45) is 0 Å². The van der Waals surface area contributed by atoms with E-state index < -0.39 is 0 Å². The molecule has 0 bridgehead atoms. The molecule has 0 saturated heterocycles. The second-order valence-corrected chi connectivity index (χ2v) is 4.05. The summed E-state index contributed by atoms with van der Waals surface area (Å²) in [4.78, 5) is 2.11. The lowest BCUT2D eigenvalue weighted by atomic mass is 10.1. The SMILES string of the molecule is CCN(CCC#N)Cc1ccc(F)c(C#CCO)c1. The van der Waals surface area contributed by atoms with Gasteiger partial charge in [-0.3, -0.25) is 4.90 Å². The zero-order chi connectivity index (χ0) is 14.1. The van der Waals surface area contributed by atoms with Gasteiger partial charge in [0.1, 0.15) is 12.4 Å². The lowest BCUT2D eigenvalue weighted by Gasteiger charge is -2.19. The summed E-state index contributed by atoms with van der Waals surface area (Å²) in [7, 11) is 0. The van der Waals surface area contributed by atoms with E-state index in [9.17, 15) is 4.39 Å². The molecule has 0 atom stereocenters. The van der Waals surface area contributed by atoms with E-state index in [0.29, 0.717) is 25.1 Å². The fourth-order valence-corrected chi connectivity index (χ4v) is 1.72. The molecule has 0 saturated carbocycles. The van der Waals surface area contributed by atoms with Crippen molar-refractivity contribution in [3.05, 3.63) is 35.1 Å². The summed E-state index contributed by atoms with van der Waals surface area (Å²) in [6.45, 7) is 3.92. The summed E-state index contributed by atoms with van der Waals surface area (Å²) in [6.07, 6.45) is 0.478. The van der Waals surface area contributed by atoms with Crippen LogP contribution in [0, 0.1) is 29.0 Å².